The second-order valence-electron chi connectivity index (χ2n) is 3.65. The number of benzene rings is 1. The summed E-state index contributed by atoms with van der Waals surface area (Å²) in [6.07, 6.45) is 1.67. The van der Waals surface area contributed by atoms with Gasteiger partial charge < -0.3 is 10.5 Å². The summed E-state index contributed by atoms with van der Waals surface area (Å²) < 4.78 is 5.21. The van der Waals surface area contributed by atoms with Gasteiger partial charge in [-0.3, -0.25) is 4.79 Å². The highest BCUT2D eigenvalue weighted by molar-refractivity contribution is 5.90. The van der Waals surface area contributed by atoms with Gasteiger partial charge >= 0.3 is 0 Å². The zero-order valence-electron chi connectivity index (χ0n) is 8.12. The predicted molar refractivity (Wildman–Crippen MR) is 53.1 cm³/mol. The lowest BCUT2D eigenvalue weighted by atomic mass is 9.94. The Morgan fingerprint density at radius 3 is 2.57 bits per heavy atom. The van der Waals surface area contributed by atoms with Crippen LogP contribution in [-0.4, -0.2) is 13.0 Å². The van der Waals surface area contributed by atoms with Crippen LogP contribution in [0.15, 0.2) is 24.3 Å². The Morgan fingerprint density at radius 2 is 2.07 bits per heavy atom. The second kappa shape index (κ2) is 3.01. The van der Waals surface area contributed by atoms with Gasteiger partial charge in [-0.1, -0.05) is 18.2 Å². The number of ether oxygens (including phenoxy) is 1. The standard InChI is InChI=1S/C11H13NO2/c1-14-9-5-3-2-4-8(9)11(6-7-11)10(12)13/h2-5H,6-7H2,1H3,(H2,12,13). The van der Waals surface area contributed by atoms with Crippen molar-refractivity contribution in [1.82, 2.24) is 0 Å². The van der Waals surface area contributed by atoms with Crippen LogP contribution in [0.25, 0.3) is 0 Å². The van der Waals surface area contributed by atoms with E-state index in [0.717, 1.165) is 24.2 Å². The summed E-state index contributed by atoms with van der Waals surface area (Å²) in [6.45, 7) is 0. The number of primary amides is 1. The third-order valence-corrected chi connectivity index (χ3v) is 2.84. The maximum absolute atomic E-state index is 11.3. The van der Waals surface area contributed by atoms with Crippen LogP contribution < -0.4 is 10.5 Å². The lowest BCUT2D eigenvalue weighted by molar-refractivity contribution is -0.120. The van der Waals surface area contributed by atoms with E-state index in [1.54, 1.807) is 7.11 Å². The van der Waals surface area contributed by atoms with Crippen LogP contribution in [0.3, 0.4) is 0 Å². The highest BCUT2D eigenvalue weighted by Crippen LogP contribution is 2.50. The molecule has 2 N–H and O–H groups in total. The first-order chi connectivity index (χ1) is 6.70. The van der Waals surface area contributed by atoms with Crippen molar-refractivity contribution in [3.63, 3.8) is 0 Å². The molecule has 1 saturated carbocycles. The third-order valence-electron chi connectivity index (χ3n) is 2.84. The van der Waals surface area contributed by atoms with Crippen molar-refractivity contribution in [2.24, 2.45) is 5.73 Å². The normalized spacial score (nSPS) is 17.5. The van der Waals surface area contributed by atoms with Crippen LogP contribution in [0.4, 0.5) is 0 Å². The highest BCUT2D eigenvalue weighted by atomic mass is 16.5. The number of hydrogen-bond donors (Lipinski definition) is 1. The van der Waals surface area contributed by atoms with Gasteiger partial charge in [-0.05, 0) is 18.9 Å². The molecular formula is C11H13NO2. The van der Waals surface area contributed by atoms with Crippen LogP contribution in [0.2, 0.25) is 0 Å². The van der Waals surface area contributed by atoms with Gasteiger partial charge in [-0.15, -0.1) is 0 Å². The molecule has 0 aromatic heterocycles. The maximum Gasteiger partial charge on any atom is 0.228 e. The van der Waals surface area contributed by atoms with Gasteiger partial charge in [0.15, 0.2) is 0 Å². The summed E-state index contributed by atoms with van der Waals surface area (Å²) in [5.41, 5.74) is 5.87. The Labute approximate surface area is 82.9 Å². The molecule has 1 aliphatic carbocycles. The lowest BCUT2D eigenvalue weighted by Gasteiger charge is -2.14. The maximum atomic E-state index is 11.3. The number of methoxy groups -OCH3 is 1. The molecule has 3 heteroatoms. The summed E-state index contributed by atoms with van der Waals surface area (Å²) in [6, 6.07) is 7.56. The number of nitrogens with two attached hydrogens (primary N) is 1. The van der Waals surface area contributed by atoms with Crippen molar-refractivity contribution in [2.45, 2.75) is 18.3 Å². The molecule has 2 rings (SSSR count). The molecule has 0 aliphatic heterocycles. The number of carbonyl (C=O) groups excluding carboxylic acids is 1. The fourth-order valence-electron chi connectivity index (χ4n) is 1.81. The molecule has 1 aromatic rings. The molecule has 0 spiro atoms. The van der Waals surface area contributed by atoms with Crippen molar-refractivity contribution in [1.29, 1.82) is 0 Å². The first kappa shape index (κ1) is 9.06. The van der Waals surface area contributed by atoms with E-state index >= 15 is 0 Å². The van der Waals surface area contributed by atoms with E-state index in [1.165, 1.54) is 0 Å². The molecule has 0 atom stereocenters. The van der Waals surface area contributed by atoms with E-state index in [1.807, 2.05) is 24.3 Å². The Balaban J connectivity index is 2.46. The van der Waals surface area contributed by atoms with Gasteiger partial charge in [-0.2, -0.15) is 0 Å². The minimum Gasteiger partial charge on any atom is -0.496 e. The Morgan fingerprint density at radius 1 is 1.43 bits per heavy atom. The molecule has 0 heterocycles. The molecule has 74 valence electrons. The summed E-state index contributed by atoms with van der Waals surface area (Å²) in [5, 5.41) is 0. The molecule has 3 nitrogen and oxygen atoms in total. The molecule has 0 saturated heterocycles. The topological polar surface area (TPSA) is 52.3 Å². The van der Waals surface area contributed by atoms with Crippen molar-refractivity contribution < 1.29 is 9.53 Å². The number of para-hydroxylation sites is 1. The molecule has 1 aromatic carbocycles. The number of rotatable bonds is 3. The second-order valence-corrected chi connectivity index (χ2v) is 3.65. The molecule has 0 radical (unpaired) electrons. The van der Waals surface area contributed by atoms with Crippen LogP contribution in [0.1, 0.15) is 18.4 Å². The van der Waals surface area contributed by atoms with Crippen LogP contribution in [0, 0.1) is 0 Å². The average molecular weight is 191 g/mol. The molecule has 0 unspecified atom stereocenters. The van der Waals surface area contributed by atoms with E-state index in [4.69, 9.17) is 10.5 Å². The zero-order valence-corrected chi connectivity index (χ0v) is 8.12. The zero-order chi connectivity index (χ0) is 10.2. The molecule has 0 bridgehead atoms. The van der Waals surface area contributed by atoms with Gasteiger partial charge in [0.05, 0.1) is 12.5 Å². The SMILES string of the molecule is COc1ccccc1C1(C(N)=O)CC1. The van der Waals surface area contributed by atoms with Gasteiger partial charge in [0.2, 0.25) is 5.91 Å². The van der Waals surface area contributed by atoms with Gasteiger partial charge in [-0.25, -0.2) is 0 Å². The quantitative estimate of drug-likeness (QED) is 0.780. The minimum absolute atomic E-state index is 0.248. The van der Waals surface area contributed by atoms with Crippen LogP contribution in [0.5, 0.6) is 5.75 Å². The largest absolute Gasteiger partial charge is 0.496 e. The first-order valence-corrected chi connectivity index (χ1v) is 4.64. The van der Waals surface area contributed by atoms with Crippen LogP contribution >= 0.6 is 0 Å². The lowest BCUT2D eigenvalue weighted by Crippen LogP contribution is -2.28. The first-order valence-electron chi connectivity index (χ1n) is 4.64. The summed E-state index contributed by atoms with van der Waals surface area (Å²) in [7, 11) is 1.61. The van der Waals surface area contributed by atoms with Crippen molar-refractivity contribution >= 4 is 5.91 Å². The van der Waals surface area contributed by atoms with E-state index in [0.29, 0.717) is 0 Å². The minimum atomic E-state index is -0.452. The fraction of sp³-hybridized carbons (Fsp3) is 0.364. The fourth-order valence-corrected chi connectivity index (χ4v) is 1.81. The third kappa shape index (κ3) is 1.16. The Bertz CT molecular complexity index is 369. The van der Waals surface area contributed by atoms with E-state index in [9.17, 15) is 4.79 Å². The van der Waals surface area contributed by atoms with Gasteiger partial charge in [0.25, 0.3) is 0 Å². The van der Waals surface area contributed by atoms with Gasteiger partial charge in [0, 0.05) is 5.56 Å². The Kier molecular flexibility index (Phi) is 1.95. The van der Waals surface area contributed by atoms with Gasteiger partial charge in [0.1, 0.15) is 5.75 Å². The molecule has 1 aliphatic rings. The predicted octanol–water partition coefficient (Wildman–Crippen LogP) is 1.21. The smallest absolute Gasteiger partial charge is 0.228 e. The molecule has 1 fully saturated rings. The number of amides is 1. The molecule has 1 amide bonds. The summed E-state index contributed by atoms with van der Waals surface area (Å²) in [5.74, 6) is 0.505. The van der Waals surface area contributed by atoms with E-state index < -0.39 is 5.41 Å². The number of carbonyl (C=O) groups is 1. The summed E-state index contributed by atoms with van der Waals surface area (Å²) in [4.78, 5) is 11.3. The number of hydrogen-bond acceptors (Lipinski definition) is 2. The molecule has 14 heavy (non-hydrogen) atoms. The monoisotopic (exact) mass is 191 g/mol. The van der Waals surface area contributed by atoms with Crippen molar-refractivity contribution in [3.8, 4) is 5.75 Å². The van der Waals surface area contributed by atoms with E-state index in [-0.39, 0.29) is 5.91 Å². The van der Waals surface area contributed by atoms with Crippen molar-refractivity contribution in [3.05, 3.63) is 29.8 Å². The Hall–Kier alpha value is -1.51. The summed E-state index contributed by atoms with van der Waals surface area (Å²) >= 11 is 0. The van der Waals surface area contributed by atoms with E-state index in [2.05, 4.69) is 0 Å². The van der Waals surface area contributed by atoms with Crippen molar-refractivity contribution in [2.75, 3.05) is 7.11 Å². The molecular weight excluding hydrogens is 178 g/mol. The average Bonchev–Trinajstić information content (AvgIpc) is 2.98. The highest BCUT2D eigenvalue weighted by Gasteiger charge is 2.51. The van der Waals surface area contributed by atoms with Crippen LogP contribution in [-0.2, 0) is 10.2 Å².